The minimum absolute atomic E-state index is 0.0962. The van der Waals surface area contributed by atoms with Crippen molar-refractivity contribution < 1.29 is 4.79 Å². The normalized spacial score (nSPS) is 17.1. The molecule has 0 radical (unpaired) electrons. The lowest BCUT2D eigenvalue weighted by Gasteiger charge is -2.32. The molecule has 1 saturated heterocycles. The van der Waals surface area contributed by atoms with Gasteiger partial charge in [-0.05, 0) is 62.2 Å². The van der Waals surface area contributed by atoms with E-state index in [0.29, 0.717) is 11.1 Å². The molecule has 0 spiro atoms. The highest BCUT2D eigenvalue weighted by Crippen LogP contribution is 2.37. The number of nitrogens with one attached hydrogen (secondary N) is 1. The highest BCUT2D eigenvalue weighted by Gasteiger charge is 2.32. The Morgan fingerprint density at radius 1 is 1.15 bits per heavy atom. The number of aromatic nitrogens is 1. The third-order valence-electron chi connectivity index (χ3n) is 6.72. The number of piperazine rings is 1. The third kappa shape index (κ3) is 4.90. The van der Waals surface area contributed by atoms with Crippen LogP contribution >= 0.6 is 0 Å². The fourth-order valence-electron chi connectivity index (χ4n) is 4.46. The first-order chi connectivity index (χ1) is 16.1. The van der Waals surface area contributed by atoms with Gasteiger partial charge in [0, 0.05) is 55.9 Å². The van der Waals surface area contributed by atoms with Crippen LogP contribution in [-0.4, -0.2) is 60.3 Å². The SMILES string of the molecule is CN1CCN(CCc2cccc(Nc3c(C(=O)C4CC4)cnc4ccc(C#N)cc34)c2)CC1. The highest BCUT2D eigenvalue weighted by molar-refractivity contribution is 6.10. The Labute approximate surface area is 194 Å². The highest BCUT2D eigenvalue weighted by atomic mass is 16.1. The van der Waals surface area contributed by atoms with Crippen LogP contribution in [0, 0.1) is 17.2 Å². The molecule has 5 rings (SSSR count). The lowest BCUT2D eigenvalue weighted by molar-refractivity contribution is 0.0968. The lowest BCUT2D eigenvalue weighted by atomic mass is 10.0. The zero-order valence-electron chi connectivity index (χ0n) is 19.1. The molecule has 1 saturated carbocycles. The summed E-state index contributed by atoms with van der Waals surface area (Å²) in [5, 5.41) is 13.7. The monoisotopic (exact) mass is 439 g/mol. The number of benzene rings is 2. The number of pyridine rings is 1. The quantitative estimate of drug-likeness (QED) is 0.556. The molecule has 1 aliphatic heterocycles. The molecular weight excluding hydrogens is 410 g/mol. The van der Waals surface area contributed by atoms with Crippen LogP contribution in [0.4, 0.5) is 11.4 Å². The summed E-state index contributed by atoms with van der Waals surface area (Å²) >= 11 is 0. The minimum Gasteiger partial charge on any atom is -0.354 e. The number of nitrogens with zero attached hydrogens (tertiary/aromatic N) is 4. The largest absolute Gasteiger partial charge is 0.354 e. The number of carbonyl (C=O) groups excluding carboxylic acids is 1. The van der Waals surface area contributed by atoms with E-state index >= 15 is 0 Å². The van der Waals surface area contributed by atoms with Crippen LogP contribution in [0.25, 0.3) is 10.9 Å². The van der Waals surface area contributed by atoms with Crippen molar-refractivity contribution in [1.29, 1.82) is 5.26 Å². The van der Waals surface area contributed by atoms with E-state index in [1.807, 2.05) is 18.2 Å². The standard InChI is InChI=1S/C27H29N5O/c1-31-11-13-32(14-12-31)10-9-19-3-2-4-22(15-19)30-26-23-16-20(17-28)5-8-25(23)29-18-24(26)27(33)21-6-7-21/h2-5,8,15-16,18,21H,6-7,9-14H2,1H3,(H,29,30). The van der Waals surface area contributed by atoms with Gasteiger partial charge in [0.25, 0.3) is 0 Å². The third-order valence-corrected chi connectivity index (χ3v) is 6.72. The summed E-state index contributed by atoms with van der Waals surface area (Å²) < 4.78 is 0. The second-order valence-electron chi connectivity index (χ2n) is 9.25. The Morgan fingerprint density at radius 2 is 1.97 bits per heavy atom. The van der Waals surface area contributed by atoms with Crippen LogP contribution in [-0.2, 0) is 6.42 Å². The van der Waals surface area contributed by atoms with Gasteiger partial charge in [-0.15, -0.1) is 0 Å². The molecule has 0 amide bonds. The van der Waals surface area contributed by atoms with Gasteiger partial charge in [-0.2, -0.15) is 5.26 Å². The Bertz CT molecular complexity index is 1220. The molecule has 0 bridgehead atoms. The summed E-state index contributed by atoms with van der Waals surface area (Å²) in [4.78, 5) is 22.4. The number of likely N-dealkylation sites (N-methyl/N-ethyl adjacent to an activating group) is 1. The van der Waals surface area contributed by atoms with Gasteiger partial charge >= 0.3 is 0 Å². The van der Waals surface area contributed by atoms with E-state index in [1.54, 1.807) is 12.3 Å². The van der Waals surface area contributed by atoms with Crippen molar-refractivity contribution in [3.05, 3.63) is 65.4 Å². The van der Waals surface area contributed by atoms with E-state index in [0.717, 1.165) is 74.3 Å². The van der Waals surface area contributed by atoms with Gasteiger partial charge < -0.3 is 15.1 Å². The van der Waals surface area contributed by atoms with E-state index in [-0.39, 0.29) is 11.7 Å². The van der Waals surface area contributed by atoms with Gasteiger partial charge in [-0.3, -0.25) is 9.78 Å². The molecule has 6 nitrogen and oxygen atoms in total. The number of ketones is 1. The van der Waals surface area contributed by atoms with E-state index in [4.69, 9.17) is 0 Å². The molecule has 2 aromatic carbocycles. The van der Waals surface area contributed by atoms with Crippen LogP contribution in [0.15, 0.2) is 48.7 Å². The van der Waals surface area contributed by atoms with Gasteiger partial charge in [0.2, 0.25) is 0 Å². The van der Waals surface area contributed by atoms with Crippen molar-refractivity contribution in [1.82, 2.24) is 14.8 Å². The Balaban J connectivity index is 1.42. The summed E-state index contributed by atoms with van der Waals surface area (Å²) in [6, 6.07) is 16.1. The second-order valence-corrected chi connectivity index (χ2v) is 9.25. The molecule has 0 atom stereocenters. The fourth-order valence-corrected chi connectivity index (χ4v) is 4.46. The van der Waals surface area contributed by atoms with Crippen molar-refractivity contribution >= 4 is 28.1 Å². The summed E-state index contributed by atoms with van der Waals surface area (Å²) in [5.41, 5.74) is 4.92. The van der Waals surface area contributed by atoms with Crippen molar-refractivity contribution in [2.24, 2.45) is 5.92 Å². The second kappa shape index (κ2) is 9.30. The maximum atomic E-state index is 13.0. The van der Waals surface area contributed by atoms with Crippen LogP contribution in [0.1, 0.15) is 34.3 Å². The van der Waals surface area contributed by atoms with Crippen LogP contribution in [0.3, 0.4) is 0 Å². The number of fused-ring (bicyclic) bond motifs is 1. The first-order valence-corrected chi connectivity index (χ1v) is 11.7. The number of Topliss-reactive ketones (excluding diaryl/α,β-unsaturated/α-hetero) is 1. The lowest BCUT2D eigenvalue weighted by Crippen LogP contribution is -2.45. The van der Waals surface area contributed by atoms with E-state index in [1.165, 1.54) is 5.56 Å². The number of nitriles is 1. The van der Waals surface area contributed by atoms with Crippen LogP contribution in [0.2, 0.25) is 0 Å². The van der Waals surface area contributed by atoms with Crippen molar-refractivity contribution in [2.45, 2.75) is 19.3 Å². The molecular formula is C27H29N5O. The molecule has 1 aliphatic carbocycles. The van der Waals surface area contributed by atoms with E-state index < -0.39 is 0 Å². The van der Waals surface area contributed by atoms with Crippen molar-refractivity contribution in [3.8, 4) is 6.07 Å². The number of rotatable bonds is 7. The topological polar surface area (TPSA) is 72.3 Å². The smallest absolute Gasteiger partial charge is 0.169 e. The van der Waals surface area contributed by atoms with Gasteiger partial charge in [-0.25, -0.2) is 0 Å². The number of anilines is 2. The summed E-state index contributed by atoms with van der Waals surface area (Å²) in [6.07, 6.45) is 4.56. The molecule has 2 heterocycles. The molecule has 6 heteroatoms. The average Bonchev–Trinajstić information content (AvgIpc) is 3.69. The molecule has 1 aromatic heterocycles. The fraction of sp³-hybridized carbons (Fsp3) is 0.370. The van der Waals surface area contributed by atoms with Crippen molar-refractivity contribution in [3.63, 3.8) is 0 Å². The van der Waals surface area contributed by atoms with Crippen LogP contribution in [0.5, 0.6) is 0 Å². The Morgan fingerprint density at radius 3 is 2.73 bits per heavy atom. The van der Waals surface area contributed by atoms with Gasteiger partial charge in [0.1, 0.15) is 0 Å². The van der Waals surface area contributed by atoms with Gasteiger partial charge in [0.15, 0.2) is 5.78 Å². The average molecular weight is 440 g/mol. The molecule has 33 heavy (non-hydrogen) atoms. The molecule has 168 valence electrons. The molecule has 2 fully saturated rings. The predicted molar refractivity (Wildman–Crippen MR) is 131 cm³/mol. The first-order valence-electron chi connectivity index (χ1n) is 11.7. The van der Waals surface area contributed by atoms with Crippen molar-refractivity contribution in [2.75, 3.05) is 45.1 Å². The summed E-state index contributed by atoms with van der Waals surface area (Å²) in [7, 11) is 2.18. The number of hydrogen-bond acceptors (Lipinski definition) is 6. The maximum Gasteiger partial charge on any atom is 0.169 e. The Kier molecular flexibility index (Phi) is 6.08. The molecule has 3 aromatic rings. The summed E-state index contributed by atoms with van der Waals surface area (Å²) in [5.74, 6) is 0.236. The number of carbonyl (C=O) groups is 1. The molecule has 0 unspecified atom stereocenters. The zero-order valence-corrected chi connectivity index (χ0v) is 19.1. The molecule has 1 N–H and O–H groups in total. The maximum absolute atomic E-state index is 13.0. The predicted octanol–water partition coefficient (Wildman–Crippen LogP) is 4.23. The van der Waals surface area contributed by atoms with Gasteiger partial charge in [0.05, 0.1) is 28.4 Å². The van der Waals surface area contributed by atoms with Gasteiger partial charge in [-0.1, -0.05) is 12.1 Å². The zero-order chi connectivity index (χ0) is 22.8. The minimum atomic E-state index is 0.0962. The van der Waals surface area contributed by atoms with E-state index in [2.05, 4.69) is 51.4 Å². The number of hydrogen-bond donors (Lipinski definition) is 1. The van der Waals surface area contributed by atoms with Crippen LogP contribution < -0.4 is 5.32 Å². The molecule has 2 aliphatic rings. The first kappa shape index (κ1) is 21.6. The Hall–Kier alpha value is -3.27. The van der Waals surface area contributed by atoms with E-state index in [9.17, 15) is 10.1 Å². The summed E-state index contributed by atoms with van der Waals surface area (Å²) in [6.45, 7) is 5.53.